The number of ketones is 1. The first-order valence-electron chi connectivity index (χ1n) is 6.75. The molecule has 1 saturated heterocycles. The summed E-state index contributed by atoms with van der Waals surface area (Å²) in [4.78, 5) is 25.7. The molecule has 1 aromatic carbocycles. The third kappa shape index (κ3) is 3.41. The highest BCUT2D eigenvalue weighted by molar-refractivity contribution is 7.09. The van der Waals surface area contributed by atoms with E-state index in [1.54, 1.807) is 6.92 Å². The Morgan fingerprint density at radius 2 is 2.15 bits per heavy atom. The Morgan fingerprint density at radius 3 is 2.80 bits per heavy atom. The van der Waals surface area contributed by atoms with Crippen molar-refractivity contribution >= 4 is 29.5 Å². The molecular weight excluding hydrogens is 276 g/mol. The number of halogens is 1. The Morgan fingerprint density at radius 1 is 1.45 bits per heavy atom. The Bertz CT molecular complexity index is 483. The van der Waals surface area contributed by atoms with Crippen LogP contribution >= 0.6 is 11.5 Å². The molecule has 1 atom stereocenters. The summed E-state index contributed by atoms with van der Waals surface area (Å²) in [5, 5.41) is 0. The van der Waals surface area contributed by atoms with Crippen molar-refractivity contribution in [2.45, 2.75) is 25.7 Å². The van der Waals surface area contributed by atoms with Crippen molar-refractivity contribution in [3.8, 4) is 0 Å². The van der Waals surface area contributed by atoms with E-state index in [0.29, 0.717) is 19.5 Å². The lowest BCUT2D eigenvalue weighted by atomic mass is 9.65. The summed E-state index contributed by atoms with van der Waals surface area (Å²) in [7, 11) is 0. The molecule has 1 unspecified atom stereocenters. The molecule has 1 aromatic rings. The molecule has 0 bridgehead atoms. The van der Waals surface area contributed by atoms with Crippen LogP contribution in [0, 0.1) is 0 Å². The first-order valence-corrected chi connectivity index (χ1v) is 7.18. The molecular formula is C14H17BClNO3. The summed E-state index contributed by atoms with van der Waals surface area (Å²) < 4.78 is 4.95. The van der Waals surface area contributed by atoms with E-state index >= 15 is 0 Å². The van der Waals surface area contributed by atoms with Crippen molar-refractivity contribution in [3.63, 3.8) is 0 Å². The molecule has 20 heavy (non-hydrogen) atoms. The average molecular weight is 294 g/mol. The molecule has 0 spiro atoms. The van der Waals surface area contributed by atoms with Gasteiger partial charge in [-0.3, -0.25) is 9.59 Å². The number of carbonyl (C=O) groups excluding carboxylic acids is 2. The fraction of sp³-hybridized carbons (Fsp3) is 0.429. The van der Waals surface area contributed by atoms with Gasteiger partial charge in [0.1, 0.15) is 11.6 Å². The Balaban J connectivity index is 2.08. The van der Waals surface area contributed by atoms with Crippen LogP contribution in [0.3, 0.4) is 0 Å². The fourth-order valence-electron chi connectivity index (χ4n) is 2.36. The van der Waals surface area contributed by atoms with Gasteiger partial charge in [0.25, 0.3) is 0 Å². The van der Waals surface area contributed by atoms with Crippen LogP contribution in [0.5, 0.6) is 0 Å². The van der Waals surface area contributed by atoms with Crippen LogP contribution in [0.2, 0.25) is 5.82 Å². The molecule has 0 aromatic heterocycles. The van der Waals surface area contributed by atoms with Crippen LogP contribution in [0.1, 0.15) is 18.9 Å². The summed E-state index contributed by atoms with van der Waals surface area (Å²) in [6.07, 6.45) is -0.310. The van der Waals surface area contributed by atoms with Crippen LogP contribution in [-0.4, -0.2) is 36.0 Å². The first-order chi connectivity index (χ1) is 9.63. The van der Waals surface area contributed by atoms with Crippen LogP contribution < -0.4 is 0 Å². The van der Waals surface area contributed by atoms with E-state index in [0.717, 1.165) is 5.56 Å². The molecule has 0 saturated carbocycles. The summed E-state index contributed by atoms with van der Waals surface area (Å²) in [5.41, 5.74) is 1.11. The van der Waals surface area contributed by atoms with Crippen LogP contribution in [0.15, 0.2) is 30.3 Å². The number of esters is 1. The maximum Gasteiger partial charge on any atom is 0.353 e. The second-order valence-corrected chi connectivity index (χ2v) is 5.22. The van der Waals surface area contributed by atoms with E-state index < -0.39 is 18.0 Å². The van der Waals surface area contributed by atoms with Gasteiger partial charge in [-0.2, -0.15) is 11.5 Å². The van der Waals surface area contributed by atoms with Crippen molar-refractivity contribution in [1.82, 2.24) is 4.81 Å². The van der Waals surface area contributed by atoms with E-state index in [1.165, 1.54) is 0 Å². The molecule has 0 radical (unpaired) electrons. The number of benzene rings is 1. The molecule has 1 aliphatic heterocycles. The van der Waals surface area contributed by atoms with Gasteiger partial charge < -0.3 is 9.55 Å². The molecule has 6 heteroatoms. The minimum atomic E-state index is -0.880. The smallest absolute Gasteiger partial charge is 0.353 e. The Kier molecular flexibility index (Phi) is 5.20. The monoisotopic (exact) mass is 293 g/mol. The Labute approximate surface area is 124 Å². The summed E-state index contributed by atoms with van der Waals surface area (Å²) in [6, 6.07) is 9.86. The second kappa shape index (κ2) is 6.91. The second-order valence-electron chi connectivity index (χ2n) is 4.77. The number of carbonyl (C=O) groups is 2. The molecule has 1 aliphatic rings. The zero-order valence-electron chi connectivity index (χ0n) is 11.4. The lowest BCUT2D eigenvalue weighted by molar-refractivity contribution is -0.146. The number of hydrogen-bond acceptors (Lipinski definition) is 4. The number of rotatable bonds is 4. The minimum absolute atomic E-state index is 0.132. The number of nitrogens with zero attached hydrogens (tertiary/aromatic N) is 1. The zero-order valence-corrected chi connectivity index (χ0v) is 12.2. The van der Waals surface area contributed by atoms with Gasteiger partial charge in [-0.15, -0.1) is 0 Å². The van der Waals surface area contributed by atoms with E-state index in [2.05, 4.69) is 0 Å². The predicted molar refractivity (Wildman–Crippen MR) is 78.5 cm³/mol. The lowest BCUT2D eigenvalue weighted by Crippen LogP contribution is -2.49. The zero-order chi connectivity index (χ0) is 14.5. The average Bonchev–Trinajstić information content (AvgIpc) is 2.44. The number of hydrogen-bond donors (Lipinski definition) is 0. The predicted octanol–water partition coefficient (Wildman–Crippen LogP) is 2.12. The van der Waals surface area contributed by atoms with Gasteiger partial charge in [-0.1, -0.05) is 30.3 Å². The summed E-state index contributed by atoms with van der Waals surface area (Å²) >= 11 is 6.33. The van der Waals surface area contributed by atoms with Crippen molar-refractivity contribution < 1.29 is 14.3 Å². The highest BCUT2D eigenvalue weighted by Crippen LogP contribution is 2.28. The minimum Gasteiger partial charge on any atom is -0.466 e. The van der Waals surface area contributed by atoms with E-state index in [-0.39, 0.29) is 12.4 Å². The molecule has 4 nitrogen and oxygen atoms in total. The van der Waals surface area contributed by atoms with Crippen LogP contribution in [-0.2, 0) is 20.9 Å². The van der Waals surface area contributed by atoms with Crippen LogP contribution in [0.4, 0.5) is 0 Å². The molecule has 2 rings (SSSR count). The topological polar surface area (TPSA) is 46.6 Å². The molecule has 0 amide bonds. The summed E-state index contributed by atoms with van der Waals surface area (Å²) in [5.74, 6) is -1.53. The maximum atomic E-state index is 11.9. The van der Waals surface area contributed by atoms with Gasteiger partial charge in [-0.05, 0) is 19.0 Å². The van der Waals surface area contributed by atoms with Gasteiger partial charge in [0, 0.05) is 13.0 Å². The van der Waals surface area contributed by atoms with E-state index in [9.17, 15) is 9.59 Å². The van der Waals surface area contributed by atoms with Gasteiger partial charge in [0.2, 0.25) is 0 Å². The highest BCUT2D eigenvalue weighted by atomic mass is 35.5. The fourth-order valence-corrected chi connectivity index (χ4v) is 2.77. The normalized spacial score (nSPS) is 20.0. The van der Waals surface area contributed by atoms with E-state index in [4.69, 9.17) is 16.2 Å². The highest BCUT2D eigenvalue weighted by Gasteiger charge is 2.45. The third-order valence-corrected chi connectivity index (χ3v) is 3.91. The summed E-state index contributed by atoms with van der Waals surface area (Å²) in [6.45, 7) is 3.16. The van der Waals surface area contributed by atoms with Crippen molar-refractivity contribution in [1.29, 1.82) is 0 Å². The maximum absolute atomic E-state index is 11.9. The van der Waals surface area contributed by atoms with Gasteiger partial charge >= 0.3 is 12.2 Å². The van der Waals surface area contributed by atoms with Crippen molar-refractivity contribution in [3.05, 3.63) is 35.9 Å². The van der Waals surface area contributed by atoms with Gasteiger partial charge in [0.05, 0.1) is 6.61 Å². The first kappa shape index (κ1) is 15.1. The molecule has 1 fully saturated rings. The lowest BCUT2D eigenvalue weighted by Gasteiger charge is -2.33. The third-order valence-electron chi connectivity index (χ3n) is 3.39. The molecule has 0 aliphatic carbocycles. The van der Waals surface area contributed by atoms with Gasteiger partial charge in [-0.25, -0.2) is 0 Å². The van der Waals surface area contributed by atoms with E-state index in [1.807, 2.05) is 35.1 Å². The molecule has 0 N–H and O–H groups in total. The standard InChI is InChI=1S/C14H17BClNO3/c1-2-20-14(19)13-12(18)8-9-17(15(13)16)10-11-6-4-3-5-7-11/h3-7,13H,2,8-10H2,1H3. The SMILES string of the molecule is CCOC(=O)C1B(Cl)N(Cc2ccccc2)CCC1=O. The largest absolute Gasteiger partial charge is 0.466 e. The number of Topliss-reactive ketones (excluding diaryl/α,β-unsaturated/α-hetero) is 1. The van der Waals surface area contributed by atoms with Crippen LogP contribution in [0.25, 0.3) is 0 Å². The molecule has 106 valence electrons. The van der Waals surface area contributed by atoms with Crippen molar-refractivity contribution in [2.24, 2.45) is 0 Å². The van der Waals surface area contributed by atoms with Gasteiger partial charge in [0.15, 0.2) is 0 Å². The molecule has 1 heterocycles. The van der Waals surface area contributed by atoms with Crippen molar-refractivity contribution in [2.75, 3.05) is 13.2 Å². The number of ether oxygens (including phenoxy) is 1. The quantitative estimate of drug-likeness (QED) is 0.485. The Hall–Kier alpha value is -1.33.